The number of nitrogens with two attached hydrogens (primary N) is 1. The molecule has 0 spiro atoms. The fourth-order valence-corrected chi connectivity index (χ4v) is 2.74. The van der Waals surface area contributed by atoms with Gasteiger partial charge in [0.15, 0.2) is 5.96 Å². The number of amides is 2. The number of nitrogens with zero attached hydrogens (tertiary/aromatic N) is 1. The van der Waals surface area contributed by atoms with Crippen molar-refractivity contribution in [2.24, 2.45) is 10.7 Å². The molecule has 2 aromatic rings. The van der Waals surface area contributed by atoms with E-state index in [1.807, 2.05) is 51.1 Å². The topological polar surface area (TPSA) is 118 Å². The number of rotatable bonds is 7. The van der Waals surface area contributed by atoms with Crippen LogP contribution in [0.25, 0.3) is 0 Å². The molecule has 2 amide bonds. The second-order valence-corrected chi connectivity index (χ2v) is 7.99. The highest BCUT2D eigenvalue weighted by molar-refractivity contribution is 14.0. The van der Waals surface area contributed by atoms with Crippen molar-refractivity contribution < 1.29 is 14.3 Å². The van der Waals surface area contributed by atoms with Gasteiger partial charge in [-0.25, -0.2) is 4.79 Å². The van der Waals surface area contributed by atoms with Gasteiger partial charge in [-0.15, -0.1) is 24.0 Å². The Bertz CT molecular complexity index is 924. The van der Waals surface area contributed by atoms with Gasteiger partial charge in [0.25, 0.3) is 0 Å². The number of hydrogen-bond acceptors (Lipinski definition) is 4. The number of nitrogens with one attached hydrogen (secondary N) is 3. The molecule has 0 aliphatic carbocycles. The lowest BCUT2D eigenvalue weighted by Crippen LogP contribution is -2.37. The number of anilines is 1. The molecule has 0 aliphatic rings. The number of carbonyl (C=O) groups excluding carboxylic acids is 2. The minimum atomic E-state index is -0.535. The number of aliphatic imine (C=N–C) groups is 1. The second kappa shape index (κ2) is 12.9. The normalized spacial score (nSPS) is 11.2. The predicted octanol–water partition coefficient (Wildman–Crippen LogP) is 3.66. The molecule has 2 rings (SSSR count). The molecule has 2 aromatic carbocycles. The summed E-state index contributed by atoms with van der Waals surface area (Å²) in [6.07, 6.45) is 0.308. The summed E-state index contributed by atoms with van der Waals surface area (Å²) in [5, 5.41) is 9.19. The van der Waals surface area contributed by atoms with Crippen molar-refractivity contribution in [3.63, 3.8) is 0 Å². The molecule has 0 saturated carbocycles. The van der Waals surface area contributed by atoms with Crippen molar-refractivity contribution in [1.29, 1.82) is 0 Å². The molecule has 9 heteroatoms. The molecular weight excluding hydrogens is 521 g/mol. The van der Waals surface area contributed by atoms with E-state index in [9.17, 15) is 9.59 Å². The summed E-state index contributed by atoms with van der Waals surface area (Å²) in [7, 11) is 1.70. The van der Waals surface area contributed by atoms with E-state index in [1.165, 1.54) is 0 Å². The van der Waals surface area contributed by atoms with E-state index in [1.54, 1.807) is 25.2 Å². The molecule has 0 radical (unpaired) electrons. The maximum absolute atomic E-state index is 11.8. The third-order valence-electron chi connectivity index (χ3n) is 4.20. The lowest BCUT2D eigenvalue weighted by atomic mass is 10.1. The quantitative estimate of drug-likeness (QED) is 0.237. The van der Waals surface area contributed by atoms with Gasteiger partial charge in [0.1, 0.15) is 5.60 Å². The highest BCUT2D eigenvalue weighted by Crippen LogP contribution is 2.13. The zero-order valence-electron chi connectivity index (χ0n) is 18.9. The van der Waals surface area contributed by atoms with Crippen LogP contribution in [0.15, 0.2) is 53.5 Å². The van der Waals surface area contributed by atoms with Crippen LogP contribution in [0, 0.1) is 0 Å². The average Bonchev–Trinajstić information content (AvgIpc) is 2.70. The monoisotopic (exact) mass is 553 g/mol. The Morgan fingerprint density at radius 2 is 1.72 bits per heavy atom. The van der Waals surface area contributed by atoms with E-state index < -0.39 is 17.6 Å². The first-order chi connectivity index (χ1) is 14.7. The fourth-order valence-electron chi connectivity index (χ4n) is 2.74. The van der Waals surface area contributed by atoms with Crippen LogP contribution in [-0.4, -0.2) is 37.2 Å². The van der Waals surface area contributed by atoms with E-state index in [0.29, 0.717) is 30.3 Å². The molecule has 0 aliphatic heterocycles. The van der Waals surface area contributed by atoms with Crippen molar-refractivity contribution in [2.75, 3.05) is 18.9 Å². The molecule has 8 nitrogen and oxygen atoms in total. The first kappa shape index (κ1) is 27.2. The van der Waals surface area contributed by atoms with Gasteiger partial charge in [0, 0.05) is 31.4 Å². The van der Waals surface area contributed by atoms with Gasteiger partial charge in [-0.05, 0) is 62.6 Å². The van der Waals surface area contributed by atoms with Crippen molar-refractivity contribution >= 4 is 47.6 Å². The first-order valence-corrected chi connectivity index (χ1v) is 10.1. The Morgan fingerprint density at radius 1 is 1.03 bits per heavy atom. The van der Waals surface area contributed by atoms with Crippen LogP contribution in [0.1, 0.15) is 42.3 Å². The number of carbonyl (C=O) groups is 2. The van der Waals surface area contributed by atoms with Crippen LogP contribution < -0.4 is 21.7 Å². The molecule has 0 unspecified atom stereocenters. The Kier molecular flexibility index (Phi) is 11.0. The number of halogens is 1. The second-order valence-electron chi connectivity index (χ2n) is 7.99. The lowest BCUT2D eigenvalue weighted by molar-refractivity contribution is 0.0635. The molecule has 5 N–H and O–H groups in total. The Labute approximate surface area is 206 Å². The van der Waals surface area contributed by atoms with Crippen LogP contribution in [0.3, 0.4) is 0 Å². The summed E-state index contributed by atoms with van der Waals surface area (Å²) in [6.45, 7) is 6.67. The summed E-state index contributed by atoms with van der Waals surface area (Å²) < 4.78 is 5.25. The van der Waals surface area contributed by atoms with Crippen LogP contribution in [0.4, 0.5) is 10.5 Å². The zero-order valence-corrected chi connectivity index (χ0v) is 21.2. The van der Waals surface area contributed by atoms with Crippen molar-refractivity contribution in [2.45, 2.75) is 39.3 Å². The Morgan fingerprint density at radius 3 is 2.31 bits per heavy atom. The SMILES string of the molecule is CN=C(NCCc1ccc(NC(=O)OC(C)(C)C)cc1)NCc1cccc(C(N)=O)c1.I. The smallest absolute Gasteiger partial charge is 0.412 e. The zero-order chi connectivity index (χ0) is 22.9. The van der Waals surface area contributed by atoms with Gasteiger partial charge in [-0.3, -0.25) is 15.1 Å². The third-order valence-corrected chi connectivity index (χ3v) is 4.20. The Balaban J connectivity index is 0.00000512. The average molecular weight is 553 g/mol. The van der Waals surface area contributed by atoms with E-state index >= 15 is 0 Å². The number of primary amides is 1. The minimum Gasteiger partial charge on any atom is -0.444 e. The molecule has 0 atom stereocenters. The van der Waals surface area contributed by atoms with E-state index in [-0.39, 0.29) is 24.0 Å². The van der Waals surface area contributed by atoms with Gasteiger partial charge in [0.2, 0.25) is 5.91 Å². The standard InChI is InChI=1S/C23H31N5O3.HI/c1-23(2,3)31-22(30)28-19-10-8-16(9-11-19)12-13-26-21(25-4)27-15-17-6-5-7-18(14-17)20(24)29;/h5-11,14H,12-13,15H2,1-4H3,(H2,24,29)(H,28,30)(H2,25,26,27);1H. The summed E-state index contributed by atoms with van der Waals surface area (Å²) >= 11 is 0. The molecule has 0 heterocycles. The fraction of sp³-hybridized carbons (Fsp3) is 0.348. The number of ether oxygens (including phenoxy) is 1. The Hall–Kier alpha value is -2.82. The number of hydrogen-bond donors (Lipinski definition) is 4. The molecular formula is C23H32IN5O3. The molecule has 0 aromatic heterocycles. The van der Waals surface area contributed by atoms with Crippen LogP contribution in [0.2, 0.25) is 0 Å². The number of benzene rings is 2. The highest BCUT2D eigenvalue weighted by atomic mass is 127. The van der Waals surface area contributed by atoms with Crippen molar-refractivity contribution in [3.8, 4) is 0 Å². The van der Waals surface area contributed by atoms with Crippen molar-refractivity contribution in [1.82, 2.24) is 10.6 Å². The molecule has 0 saturated heterocycles. The molecule has 174 valence electrons. The maximum Gasteiger partial charge on any atom is 0.412 e. The van der Waals surface area contributed by atoms with Crippen LogP contribution >= 0.6 is 24.0 Å². The van der Waals surface area contributed by atoms with Gasteiger partial charge in [0.05, 0.1) is 0 Å². The number of guanidine groups is 1. The maximum atomic E-state index is 11.8. The van der Waals surface area contributed by atoms with Crippen molar-refractivity contribution in [3.05, 3.63) is 65.2 Å². The van der Waals surface area contributed by atoms with Crippen LogP contribution in [0.5, 0.6) is 0 Å². The van der Waals surface area contributed by atoms with Gasteiger partial charge < -0.3 is 21.1 Å². The van der Waals surface area contributed by atoms with E-state index in [2.05, 4.69) is 20.9 Å². The van der Waals surface area contributed by atoms with Gasteiger partial charge >= 0.3 is 6.09 Å². The van der Waals surface area contributed by atoms with E-state index in [0.717, 1.165) is 17.5 Å². The minimum absolute atomic E-state index is 0. The third kappa shape index (κ3) is 9.99. The molecule has 0 bridgehead atoms. The van der Waals surface area contributed by atoms with Gasteiger partial charge in [-0.2, -0.15) is 0 Å². The summed E-state index contributed by atoms with van der Waals surface area (Å²) in [5.74, 6) is 0.212. The summed E-state index contributed by atoms with van der Waals surface area (Å²) in [4.78, 5) is 27.3. The predicted molar refractivity (Wildman–Crippen MR) is 139 cm³/mol. The first-order valence-electron chi connectivity index (χ1n) is 10.1. The highest BCUT2D eigenvalue weighted by Gasteiger charge is 2.16. The largest absolute Gasteiger partial charge is 0.444 e. The molecule has 32 heavy (non-hydrogen) atoms. The summed E-state index contributed by atoms with van der Waals surface area (Å²) in [5.41, 5.74) is 8.00. The molecule has 0 fully saturated rings. The lowest BCUT2D eigenvalue weighted by Gasteiger charge is -2.19. The van der Waals surface area contributed by atoms with Gasteiger partial charge in [-0.1, -0.05) is 24.3 Å². The summed E-state index contributed by atoms with van der Waals surface area (Å²) in [6, 6.07) is 14.8. The van der Waals surface area contributed by atoms with E-state index in [4.69, 9.17) is 10.5 Å². The van der Waals surface area contributed by atoms with Crippen LogP contribution in [-0.2, 0) is 17.7 Å².